The van der Waals surface area contributed by atoms with Gasteiger partial charge in [-0.1, -0.05) is 30.3 Å². The van der Waals surface area contributed by atoms with E-state index in [1.54, 1.807) is 29.2 Å². The Bertz CT molecular complexity index is 1210. The van der Waals surface area contributed by atoms with Crippen molar-refractivity contribution in [1.82, 2.24) is 25.1 Å². The number of aromatic nitrogens is 2. The molecule has 2 aromatic carbocycles. The summed E-state index contributed by atoms with van der Waals surface area (Å²) in [4.78, 5) is 29.1. The molecule has 182 valence electrons. The summed E-state index contributed by atoms with van der Waals surface area (Å²) in [5.74, 6) is 0. The standard InChI is InChI=1S/C24H32N6O4/c31-21-17-7-1-3-9-19(17)27-23(33)29(21)15-5-11-25-13-14-26-12-6-16-30-22(32)18-8-2-4-10-20(18)28-24(30)34/h1-4,7-10,21,23,25-27,31,33H,5-6,11-16H2,(H,28,34). The highest BCUT2D eigenvalue weighted by Crippen LogP contribution is 2.31. The third kappa shape index (κ3) is 5.54. The van der Waals surface area contributed by atoms with E-state index in [-0.39, 0.29) is 11.2 Å². The molecule has 3 aromatic rings. The van der Waals surface area contributed by atoms with Crippen LogP contribution in [-0.2, 0) is 6.54 Å². The maximum absolute atomic E-state index is 12.5. The summed E-state index contributed by atoms with van der Waals surface area (Å²) in [5.41, 5.74) is 1.43. The minimum atomic E-state index is -0.922. The Morgan fingerprint density at radius 1 is 0.853 bits per heavy atom. The third-order valence-electron chi connectivity index (χ3n) is 6.02. The second kappa shape index (κ2) is 11.4. The largest absolute Gasteiger partial charge is 0.374 e. The first kappa shape index (κ1) is 24.1. The molecule has 6 N–H and O–H groups in total. The van der Waals surface area contributed by atoms with Gasteiger partial charge in [-0.2, -0.15) is 0 Å². The molecule has 10 heteroatoms. The van der Waals surface area contributed by atoms with Gasteiger partial charge in [0, 0.05) is 37.4 Å². The molecule has 0 radical (unpaired) electrons. The highest BCUT2D eigenvalue weighted by atomic mass is 16.3. The highest BCUT2D eigenvalue weighted by molar-refractivity contribution is 5.76. The third-order valence-corrected chi connectivity index (χ3v) is 6.02. The number of fused-ring (bicyclic) bond motifs is 2. The minimum Gasteiger partial charge on any atom is -0.374 e. The molecule has 0 amide bonds. The summed E-state index contributed by atoms with van der Waals surface area (Å²) in [5, 5.41) is 31.0. The molecule has 0 bridgehead atoms. The number of rotatable bonds is 11. The van der Waals surface area contributed by atoms with Crippen molar-refractivity contribution in [1.29, 1.82) is 0 Å². The molecule has 1 aromatic heterocycles. The van der Waals surface area contributed by atoms with Gasteiger partial charge >= 0.3 is 5.69 Å². The summed E-state index contributed by atoms with van der Waals surface area (Å²) in [7, 11) is 0. The molecule has 2 unspecified atom stereocenters. The number of aliphatic hydroxyl groups is 2. The fourth-order valence-electron chi connectivity index (χ4n) is 4.21. The number of para-hydroxylation sites is 2. The van der Waals surface area contributed by atoms with Crippen molar-refractivity contribution < 1.29 is 10.2 Å². The van der Waals surface area contributed by atoms with E-state index >= 15 is 0 Å². The molecule has 2 atom stereocenters. The number of aliphatic hydroxyl groups excluding tert-OH is 2. The smallest absolute Gasteiger partial charge is 0.328 e. The average molecular weight is 469 g/mol. The van der Waals surface area contributed by atoms with Gasteiger partial charge in [0.15, 0.2) is 6.35 Å². The number of H-pyrrole nitrogens is 1. The maximum atomic E-state index is 12.5. The Morgan fingerprint density at radius 2 is 1.53 bits per heavy atom. The van der Waals surface area contributed by atoms with Gasteiger partial charge in [0.2, 0.25) is 0 Å². The van der Waals surface area contributed by atoms with Gasteiger partial charge in [0.25, 0.3) is 5.56 Å². The maximum Gasteiger partial charge on any atom is 0.328 e. The topological polar surface area (TPSA) is 135 Å². The Labute approximate surface area is 197 Å². The summed E-state index contributed by atoms with van der Waals surface area (Å²) >= 11 is 0. The minimum absolute atomic E-state index is 0.261. The second-order valence-corrected chi connectivity index (χ2v) is 8.36. The SMILES string of the molecule is O=c1[nH]c2ccccc2c(=O)n1CCCNCCNCCCN1C(O)Nc2ccccc2C1O. The predicted octanol–water partition coefficient (Wildman–Crippen LogP) is 0.344. The number of anilines is 1. The van der Waals surface area contributed by atoms with E-state index in [1.807, 2.05) is 24.3 Å². The van der Waals surface area contributed by atoms with Crippen LogP contribution in [0.1, 0.15) is 24.6 Å². The van der Waals surface area contributed by atoms with Crippen LogP contribution in [0.25, 0.3) is 10.9 Å². The zero-order chi connectivity index (χ0) is 23.9. The number of nitrogens with one attached hydrogen (secondary N) is 4. The van der Waals surface area contributed by atoms with Gasteiger partial charge in [-0.3, -0.25) is 9.36 Å². The van der Waals surface area contributed by atoms with E-state index in [0.717, 1.165) is 37.3 Å². The van der Waals surface area contributed by atoms with E-state index in [4.69, 9.17) is 0 Å². The lowest BCUT2D eigenvalue weighted by atomic mass is 10.1. The zero-order valence-electron chi connectivity index (χ0n) is 19.0. The monoisotopic (exact) mass is 468 g/mol. The molecule has 10 nitrogen and oxygen atoms in total. The lowest BCUT2D eigenvalue weighted by molar-refractivity contribution is -0.0979. The van der Waals surface area contributed by atoms with Crippen molar-refractivity contribution in [3.05, 3.63) is 74.9 Å². The molecule has 1 aliphatic heterocycles. The van der Waals surface area contributed by atoms with Crippen LogP contribution in [0.5, 0.6) is 0 Å². The van der Waals surface area contributed by atoms with Crippen molar-refractivity contribution in [3.63, 3.8) is 0 Å². The van der Waals surface area contributed by atoms with Gasteiger partial charge in [0.1, 0.15) is 6.23 Å². The molecule has 0 aliphatic carbocycles. The lowest BCUT2D eigenvalue weighted by Gasteiger charge is -2.38. The molecule has 4 rings (SSSR count). The Morgan fingerprint density at radius 3 is 2.32 bits per heavy atom. The molecule has 2 heterocycles. The van der Waals surface area contributed by atoms with Gasteiger partial charge in [-0.15, -0.1) is 0 Å². The van der Waals surface area contributed by atoms with Crippen LogP contribution >= 0.6 is 0 Å². The number of hydrogen-bond donors (Lipinski definition) is 6. The van der Waals surface area contributed by atoms with Crippen LogP contribution in [0, 0.1) is 0 Å². The van der Waals surface area contributed by atoms with Gasteiger partial charge in [-0.05, 0) is 44.1 Å². The molecule has 34 heavy (non-hydrogen) atoms. The van der Waals surface area contributed by atoms with Gasteiger partial charge in [0.05, 0.1) is 10.9 Å². The number of hydrogen-bond acceptors (Lipinski definition) is 8. The zero-order valence-corrected chi connectivity index (χ0v) is 19.0. The fraction of sp³-hybridized carbons (Fsp3) is 0.417. The van der Waals surface area contributed by atoms with Crippen molar-refractivity contribution in [2.45, 2.75) is 32.0 Å². The van der Waals surface area contributed by atoms with Crippen LogP contribution in [0.4, 0.5) is 5.69 Å². The number of aromatic amines is 1. The van der Waals surface area contributed by atoms with Crippen molar-refractivity contribution in [2.75, 3.05) is 38.0 Å². The Kier molecular flexibility index (Phi) is 8.09. The van der Waals surface area contributed by atoms with Crippen LogP contribution in [0.15, 0.2) is 58.1 Å². The first-order chi connectivity index (χ1) is 16.6. The molecule has 1 aliphatic rings. The fourth-order valence-corrected chi connectivity index (χ4v) is 4.21. The first-order valence-electron chi connectivity index (χ1n) is 11.7. The van der Waals surface area contributed by atoms with E-state index in [2.05, 4.69) is 20.9 Å². The normalized spacial score (nSPS) is 18.1. The summed E-state index contributed by atoms with van der Waals surface area (Å²) < 4.78 is 1.25. The van der Waals surface area contributed by atoms with Crippen molar-refractivity contribution in [3.8, 4) is 0 Å². The summed E-state index contributed by atoms with van der Waals surface area (Å²) in [6.07, 6.45) is -0.322. The molecular formula is C24H32N6O4. The molecule has 0 fully saturated rings. The summed E-state index contributed by atoms with van der Waals surface area (Å²) in [6, 6.07) is 14.4. The highest BCUT2D eigenvalue weighted by Gasteiger charge is 2.30. The summed E-state index contributed by atoms with van der Waals surface area (Å²) in [6.45, 7) is 3.87. The van der Waals surface area contributed by atoms with Crippen LogP contribution in [-0.4, -0.2) is 63.7 Å². The average Bonchev–Trinajstić information content (AvgIpc) is 2.83. The van der Waals surface area contributed by atoms with E-state index in [0.29, 0.717) is 37.0 Å². The molecular weight excluding hydrogens is 436 g/mol. The van der Waals surface area contributed by atoms with Gasteiger partial charge in [-0.25, -0.2) is 9.69 Å². The van der Waals surface area contributed by atoms with Crippen molar-refractivity contribution in [2.24, 2.45) is 0 Å². The van der Waals surface area contributed by atoms with Gasteiger partial charge < -0.3 is 31.1 Å². The van der Waals surface area contributed by atoms with Crippen LogP contribution in [0.2, 0.25) is 0 Å². The molecule has 0 saturated heterocycles. The molecule has 0 spiro atoms. The molecule has 0 saturated carbocycles. The Hall–Kier alpha value is -3.02. The van der Waals surface area contributed by atoms with E-state index in [9.17, 15) is 19.8 Å². The van der Waals surface area contributed by atoms with Crippen LogP contribution in [0.3, 0.4) is 0 Å². The number of nitrogens with zero attached hydrogens (tertiary/aromatic N) is 2. The lowest BCUT2D eigenvalue weighted by Crippen LogP contribution is -2.47. The Balaban J connectivity index is 1.10. The number of benzene rings is 2. The second-order valence-electron chi connectivity index (χ2n) is 8.36. The van der Waals surface area contributed by atoms with Crippen LogP contribution < -0.4 is 27.2 Å². The quantitative estimate of drug-likeness (QED) is 0.222. The predicted molar refractivity (Wildman–Crippen MR) is 132 cm³/mol. The van der Waals surface area contributed by atoms with E-state index in [1.165, 1.54) is 4.57 Å². The van der Waals surface area contributed by atoms with Crippen molar-refractivity contribution >= 4 is 16.6 Å². The first-order valence-corrected chi connectivity index (χ1v) is 11.7. The van der Waals surface area contributed by atoms with E-state index < -0.39 is 12.6 Å².